The highest BCUT2D eigenvalue weighted by molar-refractivity contribution is 6.35. The SMILES string of the molecule is CCOc1cc(/C=N\NC(=O)c2ccccn2)ccc1OCc1ccc(Cl)cc1Cl. The predicted octanol–water partition coefficient (Wildman–Crippen LogP) is 5.13. The van der Waals surface area contributed by atoms with E-state index in [4.69, 9.17) is 32.7 Å². The molecule has 1 aromatic heterocycles. The molecule has 1 amide bonds. The van der Waals surface area contributed by atoms with Crippen LogP contribution in [0.5, 0.6) is 11.5 Å². The predicted molar refractivity (Wildman–Crippen MR) is 118 cm³/mol. The lowest BCUT2D eigenvalue weighted by molar-refractivity contribution is 0.0950. The third-order valence-corrected chi connectivity index (χ3v) is 4.53. The lowest BCUT2D eigenvalue weighted by Gasteiger charge is -2.13. The molecule has 1 N–H and O–H groups in total. The minimum atomic E-state index is -0.392. The van der Waals surface area contributed by atoms with Gasteiger partial charge in [0.15, 0.2) is 11.5 Å². The molecule has 1 heterocycles. The van der Waals surface area contributed by atoms with Gasteiger partial charge in [0.25, 0.3) is 5.91 Å². The summed E-state index contributed by atoms with van der Waals surface area (Å²) in [4.78, 5) is 15.9. The molecule has 0 unspecified atom stereocenters. The van der Waals surface area contributed by atoms with Crippen molar-refractivity contribution in [2.24, 2.45) is 5.10 Å². The average molecular weight is 444 g/mol. The van der Waals surface area contributed by atoms with Crippen LogP contribution in [0.1, 0.15) is 28.5 Å². The number of nitrogens with zero attached hydrogens (tertiary/aromatic N) is 2. The Kier molecular flexibility index (Phi) is 7.65. The fourth-order valence-corrected chi connectivity index (χ4v) is 2.97. The molecule has 0 bridgehead atoms. The minimum absolute atomic E-state index is 0.268. The number of amides is 1. The molecule has 0 saturated heterocycles. The molecular weight excluding hydrogens is 425 g/mol. The van der Waals surface area contributed by atoms with Crippen molar-refractivity contribution in [3.8, 4) is 11.5 Å². The number of rotatable bonds is 8. The first-order valence-corrected chi connectivity index (χ1v) is 9.90. The Labute approximate surface area is 184 Å². The van der Waals surface area contributed by atoms with E-state index in [9.17, 15) is 4.79 Å². The number of ether oxygens (including phenoxy) is 2. The van der Waals surface area contributed by atoms with E-state index in [0.29, 0.717) is 28.2 Å². The fourth-order valence-electron chi connectivity index (χ4n) is 2.51. The number of carbonyl (C=O) groups is 1. The summed E-state index contributed by atoms with van der Waals surface area (Å²) in [6.07, 6.45) is 3.06. The maximum atomic E-state index is 12.0. The van der Waals surface area contributed by atoms with Gasteiger partial charge in [0, 0.05) is 21.8 Å². The lowest BCUT2D eigenvalue weighted by Crippen LogP contribution is -2.18. The quantitative estimate of drug-likeness (QED) is 0.386. The first-order chi connectivity index (χ1) is 14.6. The van der Waals surface area contributed by atoms with Gasteiger partial charge in [0.05, 0.1) is 12.8 Å². The van der Waals surface area contributed by atoms with Crippen LogP contribution in [-0.2, 0) is 6.61 Å². The highest BCUT2D eigenvalue weighted by Crippen LogP contribution is 2.30. The molecule has 0 aliphatic heterocycles. The van der Waals surface area contributed by atoms with Crippen molar-refractivity contribution in [3.05, 3.63) is 87.7 Å². The summed E-state index contributed by atoms with van der Waals surface area (Å²) < 4.78 is 11.6. The number of halogens is 2. The number of hydrogen-bond acceptors (Lipinski definition) is 5. The maximum absolute atomic E-state index is 12.0. The summed E-state index contributed by atoms with van der Waals surface area (Å²) in [6, 6.07) is 15.7. The van der Waals surface area contributed by atoms with Gasteiger partial charge in [-0.1, -0.05) is 35.3 Å². The molecule has 0 spiro atoms. The maximum Gasteiger partial charge on any atom is 0.289 e. The second-order valence-corrected chi connectivity index (χ2v) is 6.92. The molecule has 0 atom stereocenters. The minimum Gasteiger partial charge on any atom is -0.490 e. The van der Waals surface area contributed by atoms with E-state index in [0.717, 1.165) is 11.1 Å². The normalized spacial score (nSPS) is 10.8. The van der Waals surface area contributed by atoms with Crippen LogP contribution in [0.4, 0.5) is 0 Å². The molecule has 8 heteroatoms. The van der Waals surface area contributed by atoms with E-state index < -0.39 is 5.91 Å². The standard InChI is InChI=1S/C22H19Cl2N3O3/c1-2-29-21-11-15(13-26-27-22(28)19-5-3-4-10-25-19)6-9-20(21)30-14-16-7-8-17(23)12-18(16)24/h3-13H,2,14H2,1H3,(H,27,28)/b26-13-. The number of benzene rings is 2. The van der Waals surface area contributed by atoms with Crippen LogP contribution in [-0.4, -0.2) is 23.7 Å². The number of hydrogen-bond donors (Lipinski definition) is 1. The molecule has 3 aromatic rings. The van der Waals surface area contributed by atoms with Crippen LogP contribution in [0.2, 0.25) is 10.0 Å². The van der Waals surface area contributed by atoms with Crippen LogP contribution >= 0.6 is 23.2 Å². The Morgan fingerprint density at radius 2 is 1.97 bits per heavy atom. The van der Waals surface area contributed by atoms with Gasteiger partial charge in [-0.15, -0.1) is 0 Å². The van der Waals surface area contributed by atoms with E-state index in [1.54, 1.807) is 54.7 Å². The van der Waals surface area contributed by atoms with Gasteiger partial charge < -0.3 is 9.47 Å². The summed E-state index contributed by atoms with van der Waals surface area (Å²) in [5.41, 5.74) is 4.27. The molecule has 6 nitrogen and oxygen atoms in total. The fraction of sp³-hybridized carbons (Fsp3) is 0.136. The van der Waals surface area contributed by atoms with Crippen LogP contribution in [0.15, 0.2) is 65.9 Å². The van der Waals surface area contributed by atoms with Gasteiger partial charge in [-0.2, -0.15) is 5.10 Å². The highest BCUT2D eigenvalue weighted by Gasteiger charge is 2.09. The Bertz CT molecular complexity index is 1040. The van der Waals surface area contributed by atoms with E-state index in [2.05, 4.69) is 15.5 Å². The summed E-state index contributed by atoms with van der Waals surface area (Å²) >= 11 is 12.1. The van der Waals surface area contributed by atoms with E-state index in [1.807, 2.05) is 13.0 Å². The molecule has 0 aliphatic carbocycles. The zero-order valence-electron chi connectivity index (χ0n) is 16.1. The van der Waals surface area contributed by atoms with Crippen molar-refractivity contribution in [1.82, 2.24) is 10.4 Å². The first-order valence-electron chi connectivity index (χ1n) is 9.15. The van der Waals surface area contributed by atoms with Gasteiger partial charge >= 0.3 is 0 Å². The summed E-state index contributed by atoms with van der Waals surface area (Å²) in [5, 5.41) is 5.07. The van der Waals surface area contributed by atoms with Crippen molar-refractivity contribution >= 4 is 35.3 Å². The van der Waals surface area contributed by atoms with Crippen LogP contribution < -0.4 is 14.9 Å². The Balaban J connectivity index is 1.67. The van der Waals surface area contributed by atoms with E-state index >= 15 is 0 Å². The van der Waals surface area contributed by atoms with Gasteiger partial charge in [0.1, 0.15) is 12.3 Å². The second kappa shape index (κ2) is 10.6. The third kappa shape index (κ3) is 5.95. The monoisotopic (exact) mass is 443 g/mol. The van der Waals surface area contributed by atoms with Gasteiger partial charge in [0.2, 0.25) is 0 Å². The zero-order chi connectivity index (χ0) is 21.3. The molecule has 30 heavy (non-hydrogen) atoms. The molecule has 154 valence electrons. The highest BCUT2D eigenvalue weighted by atomic mass is 35.5. The van der Waals surface area contributed by atoms with E-state index in [1.165, 1.54) is 6.21 Å². The van der Waals surface area contributed by atoms with Crippen molar-refractivity contribution in [3.63, 3.8) is 0 Å². The lowest BCUT2D eigenvalue weighted by atomic mass is 10.2. The van der Waals surface area contributed by atoms with Gasteiger partial charge in [-0.25, -0.2) is 5.43 Å². The van der Waals surface area contributed by atoms with Crippen LogP contribution in [0.25, 0.3) is 0 Å². The average Bonchev–Trinajstić information content (AvgIpc) is 2.75. The molecular formula is C22H19Cl2N3O3. The number of aromatic nitrogens is 1. The Hall–Kier alpha value is -3.09. The molecule has 3 rings (SSSR count). The molecule has 0 saturated carbocycles. The van der Waals surface area contributed by atoms with Crippen LogP contribution in [0.3, 0.4) is 0 Å². The van der Waals surface area contributed by atoms with Crippen molar-refractivity contribution in [2.45, 2.75) is 13.5 Å². The molecule has 0 aliphatic rings. The smallest absolute Gasteiger partial charge is 0.289 e. The summed E-state index contributed by atoms with van der Waals surface area (Å²) in [7, 11) is 0. The van der Waals surface area contributed by atoms with Gasteiger partial charge in [-0.3, -0.25) is 9.78 Å². The number of hydrazone groups is 1. The number of carbonyl (C=O) groups excluding carboxylic acids is 1. The van der Waals surface area contributed by atoms with Crippen molar-refractivity contribution in [1.29, 1.82) is 0 Å². The van der Waals surface area contributed by atoms with Gasteiger partial charge in [-0.05, 0) is 55.0 Å². The van der Waals surface area contributed by atoms with Crippen molar-refractivity contribution in [2.75, 3.05) is 6.61 Å². The van der Waals surface area contributed by atoms with Crippen molar-refractivity contribution < 1.29 is 14.3 Å². The zero-order valence-corrected chi connectivity index (χ0v) is 17.7. The molecule has 2 aromatic carbocycles. The Morgan fingerprint density at radius 3 is 2.70 bits per heavy atom. The number of pyridine rings is 1. The second-order valence-electron chi connectivity index (χ2n) is 6.08. The molecule has 0 fully saturated rings. The third-order valence-electron chi connectivity index (χ3n) is 3.94. The summed E-state index contributed by atoms with van der Waals surface area (Å²) in [6.45, 7) is 2.62. The first kappa shape index (κ1) is 21.6. The topological polar surface area (TPSA) is 72.8 Å². The number of nitrogens with one attached hydrogen (secondary N) is 1. The Morgan fingerprint density at radius 1 is 1.10 bits per heavy atom. The summed E-state index contributed by atoms with van der Waals surface area (Å²) in [5.74, 6) is 0.733. The molecule has 0 radical (unpaired) electrons. The van der Waals surface area contributed by atoms with E-state index in [-0.39, 0.29) is 12.3 Å². The van der Waals surface area contributed by atoms with Crippen LogP contribution in [0, 0.1) is 0 Å². The largest absolute Gasteiger partial charge is 0.490 e.